The molecule has 1 rings (SSSR count). The lowest BCUT2D eigenvalue weighted by atomic mass is 10.2. The third-order valence-corrected chi connectivity index (χ3v) is 2.13. The minimum Gasteiger partial charge on any atom is -0.482 e. The van der Waals surface area contributed by atoms with E-state index in [0.29, 0.717) is 18.0 Å². The van der Waals surface area contributed by atoms with Crippen LogP contribution in [0.1, 0.15) is 19.4 Å². The van der Waals surface area contributed by atoms with Gasteiger partial charge in [-0.3, -0.25) is 4.98 Å². The van der Waals surface area contributed by atoms with Crippen LogP contribution < -0.4 is 10.1 Å². The van der Waals surface area contributed by atoms with E-state index in [2.05, 4.69) is 24.1 Å². The minimum atomic E-state index is -4.33. The molecule has 0 amide bonds. The van der Waals surface area contributed by atoms with Crippen LogP contribution in [0.4, 0.5) is 13.2 Å². The van der Waals surface area contributed by atoms with Gasteiger partial charge >= 0.3 is 6.18 Å². The van der Waals surface area contributed by atoms with Gasteiger partial charge in [-0.15, -0.1) is 0 Å². The van der Waals surface area contributed by atoms with E-state index < -0.39 is 12.8 Å². The van der Waals surface area contributed by atoms with Crippen molar-refractivity contribution in [2.75, 3.05) is 13.2 Å². The molecule has 1 aromatic heterocycles. The number of halogens is 3. The fourth-order valence-corrected chi connectivity index (χ4v) is 1.34. The number of hydrogen-bond acceptors (Lipinski definition) is 3. The highest BCUT2D eigenvalue weighted by Crippen LogP contribution is 2.21. The summed E-state index contributed by atoms with van der Waals surface area (Å²) in [5.74, 6) is 0.650. The molecule has 0 atom stereocenters. The highest BCUT2D eigenvalue weighted by atomic mass is 19.4. The average Bonchev–Trinajstić information content (AvgIpc) is 2.26. The Labute approximate surface area is 104 Å². The Morgan fingerprint density at radius 1 is 1.39 bits per heavy atom. The Morgan fingerprint density at radius 3 is 2.72 bits per heavy atom. The van der Waals surface area contributed by atoms with Crippen molar-refractivity contribution in [1.29, 1.82) is 0 Å². The smallest absolute Gasteiger partial charge is 0.422 e. The molecule has 0 aliphatic carbocycles. The van der Waals surface area contributed by atoms with Gasteiger partial charge in [-0.2, -0.15) is 13.2 Å². The van der Waals surface area contributed by atoms with Crippen molar-refractivity contribution < 1.29 is 17.9 Å². The van der Waals surface area contributed by atoms with Gasteiger partial charge in [0.2, 0.25) is 0 Å². The van der Waals surface area contributed by atoms with Crippen LogP contribution in [0.3, 0.4) is 0 Å². The number of ether oxygens (including phenoxy) is 1. The van der Waals surface area contributed by atoms with Crippen molar-refractivity contribution >= 4 is 0 Å². The van der Waals surface area contributed by atoms with E-state index in [4.69, 9.17) is 4.74 Å². The molecule has 0 aromatic carbocycles. The largest absolute Gasteiger partial charge is 0.482 e. The second-order valence-corrected chi connectivity index (χ2v) is 4.41. The van der Waals surface area contributed by atoms with Gasteiger partial charge in [0, 0.05) is 18.3 Å². The van der Waals surface area contributed by atoms with E-state index in [1.165, 1.54) is 12.4 Å². The lowest BCUT2D eigenvalue weighted by Crippen LogP contribution is -2.22. The van der Waals surface area contributed by atoms with Crippen LogP contribution in [0.25, 0.3) is 0 Å². The summed E-state index contributed by atoms with van der Waals surface area (Å²) in [6, 6.07) is 1.65. The van der Waals surface area contributed by atoms with E-state index in [0.717, 1.165) is 6.54 Å². The van der Waals surface area contributed by atoms with E-state index in [-0.39, 0.29) is 5.75 Å². The van der Waals surface area contributed by atoms with Gasteiger partial charge in [0.25, 0.3) is 0 Å². The van der Waals surface area contributed by atoms with Crippen LogP contribution in [-0.2, 0) is 6.54 Å². The summed E-state index contributed by atoms with van der Waals surface area (Å²) in [5.41, 5.74) is 0.676. The van der Waals surface area contributed by atoms with E-state index in [1.807, 2.05) is 0 Å². The van der Waals surface area contributed by atoms with Crippen LogP contribution in [0, 0.1) is 5.92 Å². The minimum absolute atomic E-state index is 0.172. The Balaban J connectivity index is 2.56. The number of alkyl halides is 3. The molecule has 18 heavy (non-hydrogen) atoms. The normalized spacial score (nSPS) is 11.9. The van der Waals surface area contributed by atoms with Crippen molar-refractivity contribution in [3.8, 4) is 5.75 Å². The molecule has 3 nitrogen and oxygen atoms in total. The zero-order valence-corrected chi connectivity index (χ0v) is 10.4. The second kappa shape index (κ2) is 6.58. The molecule has 0 unspecified atom stereocenters. The highest BCUT2D eigenvalue weighted by Gasteiger charge is 2.28. The van der Waals surface area contributed by atoms with Crippen LogP contribution >= 0.6 is 0 Å². The molecule has 0 saturated heterocycles. The molecule has 0 bridgehead atoms. The maximum atomic E-state index is 12.1. The van der Waals surface area contributed by atoms with Crippen molar-refractivity contribution in [2.24, 2.45) is 5.92 Å². The predicted molar refractivity (Wildman–Crippen MR) is 62.3 cm³/mol. The standard InChI is InChI=1S/C12H17F3N2O/c1-9(2)5-17-6-10-3-4-16-7-11(10)18-8-12(13,14)15/h3-4,7,9,17H,5-6,8H2,1-2H3. The Bertz CT molecular complexity index is 367. The number of hydrogen-bond donors (Lipinski definition) is 1. The fourth-order valence-electron chi connectivity index (χ4n) is 1.34. The van der Waals surface area contributed by atoms with Crippen LogP contribution in [0.2, 0.25) is 0 Å². The quantitative estimate of drug-likeness (QED) is 0.856. The van der Waals surface area contributed by atoms with Crippen molar-refractivity contribution in [2.45, 2.75) is 26.6 Å². The number of aromatic nitrogens is 1. The first-order chi connectivity index (χ1) is 8.38. The molecule has 0 aliphatic rings. The van der Waals surface area contributed by atoms with Gasteiger partial charge in [-0.25, -0.2) is 0 Å². The van der Waals surface area contributed by atoms with Gasteiger partial charge in [-0.05, 0) is 18.5 Å². The topological polar surface area (TPSA) is 34.2 Å². The predicted octanol–water partition coefficient (Wildman–Crippen LogP) is 2.77. The van der Waals surface area contributed by atoms with Crippen LogP contribution in [-0.4, -0.2) is 24.3 Å². The number of rotatable bonds is 6. The third kappa shape index (κ3) is 5.86. The Kier molecular flexibility index (Phi) is 5.40. The monoisotopic (exact) mass is 262 g/mol. The van der Waals surface area contributed by atoms with Crippen molar-refractivity contribution in [1.82, 2.24) is 10.3 Å². The SMILES string of the molecule is CC(C)CNCc1ccncc1OCC(F)(F)F. The zero-order valence-electron chi connectivity index (χ0n) is 10.4. The maximum absolute atomic E-state index is 12.1. The molecule has 0 radical (unpaired) electrons. The number of pyridine rings is 1. The maximum Gasteiger partial charge on any atom is 0.422 e. The first-order valence-corrected chi connectivity index (χ1v) is 5.71. The average molecular weight is 262 g/mol. The van der Waals surface area contributed by atoms with E-state index in [1.54, 1.807) is 6.07 Å². The zero-order chi connectivity index (χ0) is 13.6. The lowest BCUT2D eigenvalue weighted by Gasteiger charge is -2.13. The summed E-state index contributed by atoms with van der Waals surface area (Å²) >= 11 is 0. The van der Waals surface area contributed by atoms with Crippen LogP contribution in [0.15, 0.2) is 18.5 Å². The molecule has 1 N–H and O–H groups in total. The van der Waals surface area contributed by atoms with Gasteiger partial charge < -0.3 is 10.1 Å². The van der Waals surface area contributed by atoms with Gasteiger partial charge in [-0.1, -0.05) is 13.8 Å². The van der Waals surface area contributed by atoms with Crippen molar-refractivity contribution in [3.05, 3.63) is 24.0 Å². The molecule has 1 aromatic rings. The molecule has 102 valence electrons. The molecule has 1 heterocycles. The Hall–Kier alpha value is -1.30. The summed E-state index contributed by atoms with van der Waals surface area (Å²) < 4.78 is 40.9. The second-order valence-electron chi connectivity index (χ2n) is 4.41. The first kappa shape index (κ1) is 14.8. The number of nitrogens with one attached hydrogen (secondary N) is 1. The molecular formula is C12H17F3N2O. The first-order valence-electron chi connectivity index (χ1n) is 5.71. The summed E-state index contributed by atoms with van der Waals surface area (Å²) in [7, 11) is 0. The lowest BCUT2D eigenvalue weighted by molar-refractivity contribution is -0.153. The molecule has 0 fully saturated rings. The summed E-state index contributed by atoms with van der Waals surface area (Å²) in [6.07, 6.45) is -1.50. The fraction of sp³-hybridized carbons (Fsp3) is 0.583. The molecule has 0 aliphatic heterocycles. The van der Waals surface area contributed by atoms with Gasteiger partial charge in [0.15, 0.2) is 6.61 Å². The summed E-state index contributed by atoms with van der Waals surface area (Å²) in [6.45, 7) is 4.08. The third-order valence-electron chi connectivity index (χ3n) is 2.13. The van der Waals surface area contributed by atoms with Crippen molar-refractivity contribution in [3.63, 3.8) is 0 Å². The molecule has 0 saturated carbocycles. The molecular weight excluding hydrogens is 245 g/mol. The van der Waals surface area contributed by atoms with Gasteiger partial charge in [0.05, 0.1) is 6.20 Å². The summed E-state index contributed by atoms with van der Waals surface area (Å²) in [5, 5.41) is 3.15. The Morgan fingerprint density at radius 2 is 2.11 bits per heavy atom. The summed E-state index contributed by atoms with van der Waals surface area (Å²) in [4.78, 5) is 3.77. The highest BCUT2D eigenvalue weighted by molar-refractivity contribution is 5.29. The molecule has 0 spiro atoms. The number of nitrogens with zero attached hydrogens (tertiary/aromatic N) is 1. The van der Waals surface area contributed by atoms with E-state index >= 15 is 0 Å². The van der Waals surface area contributed by atoms with Crippen LogP contribution in [0.5, 0.6) is 5.75 Å². The van der Waals surface area contributed by atoms with Gasteiger partial charge in [0.1, 0.15) is 5.75 Å². The molecule has 6 heteroatoms. The van der Waals surface area contributed by atoms with E-state index in [9.17, 15) is 13.2 Å².